The number of non-ortho nitro benzene ring substituents is 1. The first-order valence-electron chi connectivity index (χ1n) is 7.73. The second-order valence-corrected chi connectivity index (χ2v) is 5.58. The summed E-state index contributed by atoms with van der Waals surface area (Å²) in [5.41, 5.74) is 0.879. The van der Waals surface area contributed by atoms with Crippen LogP contribution in [0.1, 0.15) is 49.4 Å². The molecule has 0 bridgehead atoms. The monoisotopic (exact) mass is 306 g/mol. The first kappa shape index (κ1) is 16.3. The van der Waals surface area contributed by atoms with Crippen LogP contribution in [-0.4, -0.2) is 30.6 Å². The van der Waals surface area contributed by atoms with Gasteiger partial charge < -0.3 is 9.64 Å². The highest BCUT2D eigenvalue weighted by atomic mass is 16.6. The lowest BCUT2D eigenvalue weighted by molar-refractivity contribution is -0.384. The summed E-state index contributed by atoms with van der Waals surface area (Å²) in [6.07, 6.45) is 5.76. The van der Waals surface area contributed by atoms with Crippen molar-refractivity contribution in [3.05, 3.63) is 33.9 Å². The molecule has 0 spiro atoms. The van der Waals surface area contributed by atoms with E-state index >= 15 is 0 Å². The number of esters is 1. The Kier molecular flexibility index (Phi) is 5.35. The van der Waals surface area contributed by atoms with E-state index in [0.29, 0.717) is 11.7 Å². The molecule has 1 aliphatic rings. The van der Waals surface area contributed by atoms with E-state index in [1.54, 1.807) is 13.0 Å². The van der Waals surface area contributed by atoms with Crippen LogP contribution in [0.2, 0.25) is 0 Å². The van der Waals surface area contributed by atoms with Crippen molar-refractivity contribution in [3.63, 3.8) is 0 Å². The zero-order valence-corrected chi connectivity index (χ0v) is 13.1. The highest BCUT2D eigenvalue weighted by Gasteiger charge is 2.24. The van der Waals surface area contributed by atoms with Crippen LogP contribution < -0.4 is 4.90 Å². The summed E-state index contributed by atoms with van der Waals surface area (Å²) in [7, 11) is 1.94. The normalized spacial score (nSPS) is 15.4. The number of nitrogens with zero attached hydrogens (tertiary/aromatic N) is 2. The predicted octanol–water partition coefficient (Wildman–Crippen LogP) is 3.54. The molecule has 1 aromatic rings. The molecule has 6 nitrogen and oxygen atoms in total. The van der Waals surface area contributed by atoms with Gasteiger partial charge in [-0.2, -0.15) is 0 Å². The van der Waals surface area contributed by atoms with Gasteiger partial charge in [-0.25, -0.2) is 4.79 Å². The Morgan fingerprint density at radius 3 is 2.64 bits per heavy atom. The van der Waals surface area contributed by atoms with Gasteiger partial charge in [-0.3, -0.25) is 10.1 Å². The van der Waals surface area contributed by atoms with E-state index in [-0.39, 0.29) is 17.9 Å². The zero-order valence-electron chi connectivity index (χ0n) is 13.1. The molecule has 0 aliphatic heterocycles. The summed E-state index contributed by atoms with van der Waals surface area (Å²) in [5.74, 6) is -0.510. The van der Waals surface area contributed by atoms with Crippen LogP contribution in [0.25, 0.3) is 0 Å². The molecule has 1 aliphatic carbocycles. The number of nitro groups is 1. The summed E-state index contributed by atoms with van der Waals surface area (Å²) >= 11 is 0. The van der Waals surface area contributed by atoms with E-state index in [1.165, 1.54) is 31.4 Å². The summed E-state index contributed by atoms with van der Waals surface area (Å²) in [5, 5.41) is 11.0. The maximum Gasteiger partial charge on any atom is 0.340 e. The molecule has 2 rings (SSSR count). The molecule has 6 heteroatoms. The topological polar surface area (TPSA) is 72.7 Å². The number of ether oxygens (including phenoxy) is 1. The van der Waals surface area contributed by atoms with Gasteiger partial charge in [0.1, 0.15) is 0 Å². The van der Waals surface area contributed by atoms with Crippen molar-refractivity contribution in [2.24, 2.45) is 0 Å². The van der Waals surface area contributed by atoms with E-state index in [2.05, 4.69) is 4.90 Å². The van der Waals surface area contributed by atoms with Crippen molar-refractivity contribution in [1.82, 2.24) is 0 Å². The number of carbonyl (C=O) groups is 1. The molecule has 0 heterocycles. The minimum Gasteiger partial charge on any atom is -0.462 e. The van der Waals surface area contributed by atoms with Gasteiger partial charge in [-0.05, 0) is 25.8 Å². The molecule has 22 heavy (non-hydrogen) atoms. The van der Waals surface area contributed by atoms with Crippen LogP contribution >= 0.6 is 0 Å². The van der Waals surface area contributed by atoms with Gasteiger partial charge in [0.15, 0.2) is 0 Å². The second kappa shape index (κ2) is 7.24. The molecule has 0 radical (unpaired) electrons. The van der Waals surface area contributed by atoms with Crippen molar-refractivity contribution in [3.8, 4) is 0 Å². The molecule has 1 saturated carbocycles. The summed E-state index contributed by atoms with van der Waals surface area (Å²) in [4.78, 5) is 24.7. The molecule has 0 aromatic heterocycles. The van der Waals surface area contributed by atoms with Crippen LogP contribution in [0.4, 0.5) is 11.4 Å². The molecule has 0 unspecified atom stereocenters. The van der Waals surface area contributed by atoms with Crippen LogP contribution in [0.15, 0.2) is 18.2 Å². The van der Waals surface area contributed by atoms with Crippen molar-refractivity contribution >= 4 is 17.3 Å². The van der Waals surface area contributed by atoms with Crippen LogP contribution in [0.3, 0.4) is 0 Å². The van der Waals surface area contributed by atoms with Crippen molar-refractivity contribution in [1.29, 1.82) is 0 Å². The van der Waals surface area contributed by atoms with Gasteiger partial charge in [0.05, 0.1) is 22.8 Å². The number of hydrogen-bond acceptors (Lipinski definition) is 5. The summed E-state index contributed by atoms with van der Waals surface area (Å²) < 4.78 is 5.05. The van der Waals surface area contributed by atoms with E-state index in [4.69, 9.17) is 4.74 Å². The van der Waals surface area contributed by atoms with Gasteiger partial charge in [-0.15, -0.1) is 0 Å². The van der Waals surface area contributed by atoms with E-state index in [0.717, 1.165) is 12.8 Å². The second-order valence-electron chi connectivity index (χ2n) is 5.58. The number of anilines is 1. The third-order valence-corrected chi connectivity index (χ3v) is 4.19. The lowest BCUT2D eigenvalue weighted by Crippen LogP contribution is -2.34. The fraction of sp³-hybridized carbons (Fsp3) is 0.562. The van der Waals surface area contributed by atoms with Crippen molar-refractivity contribution in [2.75, 3.05) is 18.6 Å². The van der Waals surface area contributed by atoms with Gasteiger partial charge in [0.25, 0.3) is 5.69 Å². The largest absolute Gasteiger partial charge is 0.462 e. The Balaban J connectivity index is 2.35. The van der Waals surface area contributed by atoms with Gasteiger partial charge in [0, 0.05) is 25.2 Å². The van der Waals surface area contributed by atoms with E-state index in [9.17, 15) is 14.9 Å². The molecule has 120 valence electrons. The fourth-order valence-electron chi connectivity index (χ4n) is 2.98. The first-order chi connectivity index (χ1) is 10.5. The van der Waals surface area contributed by atoms with Crippen LogP contribution in [-0.2, 0) is 4.74 Å². The Bertz CT molecular complexity index is 553. The maximum atomic E-state index is 12.2. The number of rotatable bonds is 5. The highest BCUT2D eigenvalue weighted by molar-refractivity contribution is 5.96. The minimum absolute atomic E-state index is 0.0937. The SMILES string of the molecule is CCOC(=O)c1cc([N+](=O)[O-])ccc1N(C)C1CCCCC1. The molecular formula is C16H22N2O4. The third kappa shape index (κ3) is 3.55. The predicted molar refractivity (Wildman–Crippen MR) is 84.3 cm³/mol. The average molecular weight is 306 g/mol. The quantitative estimate of drug-likeness (QED) is 0.472. The fourth-order valence-corrected chi connectivity index (χ4v) is 2.98. The zero-order chi connectivity index (χ0) is 16.1. The summed E-state index contributed by atoms with van der Waals surface area (Å²) in [6.45, 7) is 1.97. The Labute approximate surface area is 130 Å². The van der Waals surface area contributed by atoms with Crippen LogP contribution in [0.5, 0.6) is 0 Å². The van der Waals surface area contributed by atoms with Crippen molar-refractivity contribution < 1.29 is 14.5 Å². The third-order valence-electron chi connectivity index (χ3n) is 4.19. The Morgan fingerprint density at radius 2 is 2.05 bits per heavy atom. The number of carbonyl (C=O) groups excluding carboxylic acids is 1. The number of benzene rings is 1. The van der Waals surface area contributed by atoms with E-state index < -0.39 is 10.9 Å². The number of hydrogen-bond donors (Lipinski definition) is 0. The van der Waals surface area contributed by atoms with Gasteiger partial charge >= 0.3 is 5.97 Å². The minimum atomic E-state index is -0.510. The smallest absolute Gasteiger partial charge is 0.340 e. The lowest BCUT2D eigenvalue weighted by atomic mass is 9.93. The molecule has 1 aromatic carbocycles. The lowest BCUT2D eigenvalue weighted by Gasteiger charge is -2.33. The molecule has 1 fully saturated rings. The molecule has 0 amide bonds. The Morgan fingerprint density at radius 1 is 1.36 bits per heavy atom. The molecule has 0 N–H and O–H groups in total. The highest BCUT2D eigenvalue weighted by Crippen LogP contribution is 2.31. The molecule has 0 saturated heterocycles. The van der Waals surface area contributed by atoms with Gasteiger partial charge in [0.2, 0.25) is 0 Å². The van der Waals surface area contributed by atoms with E-state index in [1.807, 2.05) is 7.05 Å². The van der Waals surface area contributed by atoms with Gasteiger partial charge in [-0.1, -0.05) is 19.3 Å². The molecule has 0 atom stereocenters. The first-order valence-corrected chi connectivity index (χ1v) is 7.73. The standard InChI is InChI=1S/C16H22N2O4/c1-3-22-16(19)14-11-13(18(20)21)9-10-15(14)17(2)12-7-5-4-6-8-12/h9-12H,3-8H2,1-2H3. The maximum absolute atomic E-state index is 12.2. The van der Waals surface area contributed by atoms with Crippen LogP contribution in [0, 0.1) is 10.1 Å². The molecular weight excluding hydrogens is 284 g/mol. The summed E-state index contributed by atoms with van der Waals surface area (Å²) in [6, 6.07) is 4.77. The Hall–Kier alpha value is -2.11. The average Bonchev–Trinajstić information content (AvgIpc) is 2.54. The number of nitro benzene ring substituents is 1. The van der Waals surface area contributed by atoms with Crippen molar-refractivity contribution in [2.45, 2.75) is 45.1 Å².